The standard InChI is InChI=1S/C18H15BrN4O8S/c19-7-12(24)13(21-28)15(25)20-14-16(26)22-11(5-6-32-17(14)22)18(27)31-8-9-1-3-10(4-2-9)23(29)30/h1-5,14,17,28H,6-8H2,(H,20,25)/b21-13-/t14?,17-/m1/s1. The number of nitrogens with zero attached hydrogens (tertiary/aromatic N) is 3. The number of rotatable bonds is 8. The van der Waals surface area contributed by atoms with Crippen molar-refractivity contribution >= 4 is 62.7 Å². The number of ether oxygens (including phenoxy) is 1. The predicted molar refractivity (Wildman–Crippen MR) is 114 cm³/mol. The number of halogens is 1. The minimum atomic E-state index is -1.02. The quantitative estimate of drug-likeness (QED) is 0.0723. The number of alkyl halides is 1. The number of nitrogens with one attached hydrogen (secondary N) is 1. The van der Waals surface area contributed by atoms with Crippen molar-refractivity contribution in [3.8, 4) is 0 Å². The van der Waals surface area contributed by atoms with E-state index in [-0.39, 0.29) is 23.3 Å². The molecule has 3 rings (SSSR count). The van der Waals surface area contributed by atoms with E-state index in [2.05, 4.69) is 26.4 Å². The Bertz CT molecular complexity index is 1040. The number of carbonyl (C=O) groups is 4. The van der Waals surface area contributed by atoms with Gasteiger partial charge < -0.3 is 15.3 Å². The highest BCUT2D eigenvalue weighted by molar-refractivity contribution is 9.09. The lowest BCUT2D eigenvalue weighted by Gasteiger charge is -2.48. The lowest BCUT2D eigenvalue weighted by atomic mass is 10.0. The third kappa shape index (κ3) is 4.65. The first kappa shape index (κ1) is 23.4. The molecule has 0 bridgehead atoms. The van der Waals surface area contributed by atoms with Crippen LogP contribution < -0.4 is 5.32 Å². The molecule has 168 valence electrons. The third-order valence-corrected chi connectivity index (χ3v) is 6.25. The van der Waals surface area contributed by atoms with Crippen molar-refractivity contribution in [2.45, 2.75) is 18.0 Å². The van der Waals surface area contributed by atoms with Gasteiger partial charge in [0.25, 0.3) is 17.5 Å². The average Bonchev–Trinajstić information content (AvgIpc) is 2.80. The molecule has 2 heterocycles. The Morgan fingerprint density at radius 2 is 2.03 bits per heavy atom. The Morgan fingerprint density at radius 1 is 1.34 bits per heavy atom. The number of esters is 1. The lowest BCUT2D eigenvalue weighted by Crippen LogP contribution is -2.70. The van der Waals surface area contributed by atoms with Gasteiger partial charge in [-0.05, 0) is 23.8 Å². The van der Waals surface area contributed by atoms with Crippen LogP contribution in [0.5, 0.6) is 0 Å². The average molecular weight is 527 g/mol. The fraction of sp³-hybridized carbons (Fsp3) is 0.278. The summed E-state index contributed by atoms with van der Waals surface area (Å²) in [4.78, 5) is 60.2. The number of carbonyl (C=O) groups excluding carboxylic acids is 4. The summed E-state index contributed by atoms with van der Waals surface area (Å²) in [6.07, 6.45) is 1.52. The summed E-state index contributed by atoms with van der Waals surface area (Å²) >= 11 is 4.15. The molecule has 0 saturated carbocycles. The van der Waals surface area contributed by atoms with Gasteiger partial charge in [-0.15, -0.1) is 11.8 Å². The zero-order chi connectivity index (χ0) is 23.4. The van der Waals surface area contributed by atoms with Crippen molar-refractivity contribution in [1.29, 1.82) is 0 Å². The van der Waals surface area contributed by atoms with Crippen LogP contribution in [0.4, 0.5) is 5.69 Å². The van der Waals surface area contributed by atoms with Crippen molar-refractivity contribution in [3.63, 3.8) is 0 Å². The number of oxime groups is 1. The van der Waals surface area contributed by atoms with Crippen molar-refractivity contribution in [1.82, 2.24) is 10.2 Å². The van der Waals surface area contributed by atoms with Gasteiger partial charge in [-0.2, -0.15) is 0 Å². The van der Waals surface area contributed by atoms with Crippen LogP contribution in [0.25, 0.3) is 0 Å². The molecule has 0 aliphatic carbocycles. The van der Waals surface area contributed by atoms with E-state index in [4.69, 9.17) is 9.94 Å². The number of nitro groups is 1. The summed E-state index contributed by atoms with van der Waals surface area (Å²) in [5.41, 5.74) is -0.300. The van der Waals surface area contributed by atoms with Gasteiger partial charge in [-0.1, -0.05) is 21.1 Å². The summed E-state index contributed by atoms with van der Waals surface area (Å²) in [5, 5.41) is 23.8. The molecule has 2 amide bonds. The van der Waals surface area contributed by atoms with Crippen LogP contribution in [0.3, 0.4) is 0 Å². The van der Waals surface area contributed by atoms with Gasteiger partial charge in [0.2, 0.25) is 11.5 Å². The Morgan fingerprint density at radius 3 is 2.62 bits per heavy atom. The molecule has 32 heavy (non-hydrogen) atoms. The molecule has 0 aromatic heterocycles. The normalized spacial score (nSPS) is 19.9. The number of hydrogen-bond donors (Lipinski definition) is 2. The highest BCUT2D eigenvalue weighted by Gasteiger charge is 2.53. The van der Waals surface area contributed by atoms with Crippen molar-refractivity contribution in [2.75, 3.05) is 11.1 Å². The van der Waals surface area contributed by atoms with E-state index in [1.165, 1.54) is 47.0 Å². The molecule has 2 aliphatic rings. The summed E-state index contributed by atoms with van der Waals surface area (Å²) in [5.74, 6) is -2.76. The van der Waals surface area contributed by atoms with Gasteiger partial charge in [-0.25, -0.2) is 4.79 Å². The van der Waals surface area contributed by atoms with Crippen molar-refractivity contribution < 1.29 is 34.0 Å². The van der Waals surface area contributed by atoms with E-state index in [0.29, 0.717) is 11.3 Å². The van der Waals surface area contributed by atoms with Crippen LogP contribution in [0.15, 0.2) is 41.2 Å². The predicted octanol–water partition coefficient (Wildman–Crippen LogP) is 0.716. The van der Waals surface area contributed by atoms with Crippen LogP contribution in [0.2, 0.25) is 0 Å². The lowest BCUT2D eigenvalue weighted by molar-refractivity contribution is -0.384. The molecule has 2 N–H and O–H groups in total. The smallest absolute Gasteiger partial charge is 0.355 e. The number of β-lactam (4-membered cyclic amide) rings is 1. The SMILES string of the molecule is O=C(OCc1ccc([N+](=O)[O-])cc1)C1=CCS[C@@H]2C(NC(=O)/C(=N\O)C(=O)CBr)C(=O)N12. The second-order valence-electron chi connectivity index (χ2n) is 6.48. The Kier molecular flexibility index (Phi) is 7.25. The van der Waals surface area contributed by atoms with Crippen LogP contribution in [-0.4, -0.2) is 66.8 Å². The van der Waals surface area contributed by atoms with Gasteiger partial charge in [0.05, 0.1) is 10.3 Å². The number of thioether (sulfide) groups is 1. The molecule has 2 atom stereocenters. The van der Waals surface area contributed by atoms with Crippen LogP contribution in [0, 0.1) is 10.1 Å². The first-order valence-electron chi connectivity index (χ1n) is 8.95. The number of ketones is 1. The molecule has 1 aromatic carbocycles. The maximum atomic E-state index is 12.6. The highest BCUT2D eigenvalue weighted by atomic mass is 79.9. The zero-order valence-corrected chi connectivity index (χ0v) is 18.5. The molecule has 1 unspecified atom stereocenters. The maximum absolute atomic E-state index is 12.6. The van der Waals surface area contributed by atoms with E-state index in [9.17, 15) is 29.3 Å². The van der Waals surface area contributed by atoms with Gasteiger partial charge >= 0.3 is 5.97 Å². The molecule has 2 aliphatic heterocycles. The second kappa shape index (κ2) is 9.91. The number of amides is 2. The van der Waals surface area contributed by atoms with Gasteiger partial charge in [0.15, 0.2) is 0 Å². The summed E-state index contributed by atoms with van der Waals surface area (Å²) < 4.78 is 5.22. The van der Waals surface area contributed by atoms with Crippen molar-refractivity contribution in [3.05, 3.63) is 51.7 Å². The minimum absolute atomic E-state index is 0.0127. The van der Waals surface area contributed by atoms with Crippen LogP contribution in [-0.2, 0) is 30.5 Å². The minimum Gasteiger partial charge on any atom is -0.456 e. The maximum Gasteiger partial charge on any atom is 0.355 e. The zero-order valence-electron chi connectivity index (χ0n) is 16.1. The van der Waals surface area contributed by atoms with E-state index in [1.807, 2.05) is 0 Å². The molecule has 14 heteroatoms. The molecule has 0 radical (unpaired) electrons. The monoisotopic (exact) mass is 526 g/mol. The van der Waals surface area contributed by atoms with E-state index in [1.54, 1.807) is 0 Å². The summed E-state index contributed by atoms with van der Waals surface area (Å²) in [6, 6.07) is 4.46. The van der Waals surface area contributed by atoms with Gasteiger partial charge in [0, 0.05) is 17.9 Å². The first-order valence-corrected chi connectivity index (χ1v) is 11.1. The fourth-order valence-electron chi connectivity index (χ4n) is 2.97. The number of fused-ring (bicyclic) bond motifs is 1. The molecular weight excluding hydrogens is 512 g/mol. The fourth-order valence-corrected chi connectivity index (χ4v) is 4.43. The second-order valence-corrected chi connectivity index (χ2v) is 8.19. The molecule has 0 spiro atoms. The van der Waals surface area contributed by atoms with E-state index < -0.39 is 45.6 Å². The third-order valence-electron chi connectivity index (χ3n) is 4.56. The summed E-state index contributed by atoms with van der Waals surface area (Å²) in [6.45, 7) is -0.154. The number of hydrogen-bond acceptors (Lipinski definition) is 10. The van der Waals surface area contributed by atoms with Crippen molar-refractivity contribution in [2.24, 2.45) is 5.16 Å². The van der Waals surface area contributed by atoms with Crippen LogP contribution in [0.1, 0.15) is 5.56 Å². The topological polar surface area (TPSA) is 169 Å². The van der Waals surface area contributed by atoms with E-state index in [0.717, 1.165) is 0 Å². The summed E-state index contributed by atoms with van der Waals surface area (Å²) in [7, 11) is 0. The molecule has 1 fully saturated rings. The van der Waals surface area contributed by atoms with E-state index >= 15 is 0 Å². The Balaban J connectivity index is 1.61. The number of benzene rings is 1. The largest absolute Gasteiger partial charge is 0.456 e. The Hall–Kier alpha value is -3.26. The van der Waals surface area contributed by atoms with Crippen LogP contribution >= 0.6 is 27.7 Å². The van der Waals surface area contributed by atoms with Gasteiger partial charge in [-0.3, -0.25) is 29.4 Å². The molecule has 12 nitrogen and oxygen atoms in total. The highest BCUT2D eigenvalue weighted by Crippen LogP contribution is 2.37. The number of nitro benzene ring substituents is 1. The first-order chi connectivity index (χ1) is 15.3. The molecular formula is C18H15BrN4O8S. The molecule has 1 saturated heterocycles. The number of Topliss-reactive ketones (excluding diaryl/α,β-unsaturated/α-hetero) is 1. The Labute approximate surface area is 192 Å². The number of non-ortho nitro benzene ring substituents is 1. The van der Waals surface area contributed by atoms with Gasteiger partial charge in [0.1, 0.15) is 23.7 Å². The molecule has 1 aromatic rings.